The first-order valence-electron chi connectivity index (χ1n) is 7.38. The Balaban J connectivity index is 2.00. The standard InChI is InChI=1S/C15H29N3O/c1-13(2)11(14(13,3)4)17-12(19)15(5,6)18-9-7-16-8-10-18/h11,16H,7-10H2,1-6H3,(H,17,19). The third-order valence-corrected chi connectivity index (χ3v) is 5.76. The van der Waals surface area contributed by atoms with Gasteiger partial charge >= 0.3 is 0 Å². The zero-order valence-corrected chi connectivity index (χ0v) is 13.3. The number of carbonyl (C=O) groups excluding carboxylic acids is 1. The van der Waals surface area contributed by atoms with E-state index in [1.54, 1.807) is 0 Å². The molecule has 0 unspecified atom stereocenters. The van der Waals surface area contributed by atoms with Crippen molar-refractivity contribution in [2.45, 2.75) is 53.1 Å². The molecule has 1 aliphatic heterocycles. The van der Waals surface area contributed by atoms with E-state index in [1.165, 1.54) is 0 Å². The van der Waals surface area contributed by atoms with Crippen molar-refractivity contribution < 1.29 is 4.79 Å². The molecule has 0 spiro atoms. The highest BCUT2D eigenvalue weighted by atomic mass is 16.2. The molecule has 0 aromatic heterocycles. The van der Waals surface area contributed by atoms with Crippen LogP contribution in [0.15, 0.2) is 0 Å². The normalized spacial score (nSPS) is 27.1. The number of hydrogen-bond donors (Lipinski definition) is 2. The zero-order valence-electron chi connectivity index (χ0n) is 13.3. The monoisotopic (exact) mass is 267 g/mol. The fourth-order valence-electron chi connectivity index (χ4n) is 3.23. The highest BCUT2D eigenvalue weighted by Gasteiger charge is 2.65. The van der Waals surface area contributed by atoms with Gasteiger partial charge in [-0.3, -0.25) is 9.69 Å². The number of rotatable bonds is 3. The molecule has 1 heterocycles. The van der Waals surface area contributed by atoms with E-state index in [4.69, 9.17) is 0 Å². The molecule has 0 aromatic carbocycles. The van der Waals surface area contributed by atoms with Gasteiger partial charge in [-0.15, -0.1) is 0 Å². The Bertz CT molecular complexity index is 354. The lowest BCUT2D eigenvalue weighted by atomic mass is 10.00. The minimum Gasteiger partial charge on any atom is -0.351 e. The Morgan fingerprint density at radius 2 is 1.63 bits per heavy atom. The maximum absolute atomic E-state index is 12.6. The van der Waals surface area contributed by atoms with E-state index in [1.807, 2.05) is 13.8 Å². The number of nitrogens with one attached hydrogen (secondary N) is 2. The summed E-state index contributed by atoms with van der Waals surface area (Å²) in [5, 5.41) is 6.60. The van der Waals surface area contributed by atoms with Gasteiger partial charge in [-0.05, 0) is 24.7 Å². The number of nitrogens with zero attached hydrogens (tertiary/aromatic N) is 1. The van der Waals surface area contributed by atoms with Gasteiger partial charge in [0.15, 0.2) is 0 Å². The molecule has 2 N–H and O–H groups in total. The second-order valence-corrected chi connectivity index (χ2v) is 7.65. The van der Waals surface area contributed by atoms with Crippen LogP contribution in [0.2, 0.25) is 0 Å². The van der Waals surface area contributed by atoms with E-state index < -0.39 is 5.54 Å². The molecule has 1 saturated carbocycles. The number of amides is 1. The summed E-state index contributed by atoms with van der Waals surface area (Å²) in [6.45, 7) is 16.8. The first-order valence-corrected chi connectivity index (χ1v) is 7.38. The third kappa shape index (κ3) is 2.29. The lowest BCUT2D eigenvalue weighted by Gasteiger charge is -2.40. The van der Waals surface area contributed by atoms with Gasteiger partial charge in [0.25, 0.3) is 0 Å². The van der Waals surface area contributed by atoms with Crippen LogP contribution in [0.5, 0.6) is 0 Å². The number of carbonyl (C=O) groups is 1. The fourth-order valence-corrected chi connectivity index (χ4v) is 3.23. The Morgan fingerprint density at radius 1 is 1.16 bits per heavy atom. The Hall–Kier alpha value is -0.610. The molecule has 2 fully saturated rings. The lowest BCUT2D eigenvalue weighted by Crippen LogP contribution is -2.60. The predicted molar refractivity (Wildman–Crippen MR) is 78.0 cm³/mol. The van der Waals surface area contributed by atoms with Crippen LogP contribution in [0.4, 0.5) is 0 Å². The van der Waals surface area contributed by atoms with Gasteiger partial charge in [0.2, 0.25) is 5.91 Å². The van der Waals surface area contributed by atoms with Crippen LogP contribution in [-0.4, -0.2) is 48.6 Å². The van der Waals surface area contributed by atoms with Gasteiger partial charge in [0.1, 0.15) is 0 Å². The molecule has 2 aliphatic rings. The van der Waals surface area contributed by atoms with Crippen LogP contribution in [0, 0.1) is 10.8 Å². The van der Waals surface area contributed by atoms with E-state index in [0.29, 0.717) is 0 Å². The largest absolute Gasteiger partial charge is 0.351 e. The first-order chi connectivity index (χ1) is 8.62. The van der Waals surface area contributed by atoms with Crippen LogP contribution in [-0.2, 0) is 4.79 Å². The van der Waals surface area contributed by atoms with Crippen molar-refractivity contribution in [2.75, 3.05) is 26.2 Å². The molecule has 0 radical (unpaired) electrons. The summed E-state index contributed by atoms with van der Waals surface area (Å²) in [6.07, 6.45) is 0. The molecule has 4 heteroatoms. The van der Waals surface area contributed by atoms with Gasteiger partial charge in [0, 0.05) is 32.2 Å². The minimum atomic E-state index is -0.420. The molecular weight excluding hydrogens is 238 g/mol. The van der Waals surface area contributed by atoms with Crippen molar-refractivity contribution in [3.63, 3.8) is 0 Å². The molecule has 4 nitrogen and oxygen atoms in total. The van der Waals surface area contributed by atoms with Gasteiger partial charge in [-0.2, -0.15) is 0 Å². The predicted octanol–water partition coefficient (Wildman–Crippen LogP) is 1.22. The highest BCUT2D eigenvalue weighted by Crippen LogP contribution is 2.62. The van der Waals surface area contributed by atoms with E-state index in [0.717, 1.165) is 26.2 Å². The van der Waals surface area contributed by atoms with Crippen LogP contribution in [0.1, 0.15) is 41.5 Å². The highest BCUT2D eigenvalue weighted by molar-refractivity contribution is 5.86. The molecule has 0 atom stereocenters. The molecule has 110 valence electrons. The van der Waals surface area contributed by atoms with Crippen molar-refractivity contribution in [3.8, 4) is 0 Å². The number of hydrogen-bond acceptors (Lipinski definition) is 3. The van der Waals surface area contributed by atoms with E-state index in [9.17, 15) is 4.79 Å². The summed E-state index contributed by atoms with van der Waals surface area (Å²) in [4.78, 5) is 14.9. The molecule has 0 aromatic rings. The number of piperazine rings is 1. The third-order valence-electron chi connectivity index (χ3n) is 5.76. The Morgan fingerprint density at radius 3 is 2.05 bits per heavy atom. The fraction of sp³-hybridized carbons (Fsp3) is 0.933. The van der Waals surface area contributed by atoms with Gasteiger partial charge in [-0.25, -0.2) is 0 Å². The summed E-state index contributed by atoms with van der Waals surface area (Å²) in [5.41, 5.74) is -0.0266. The summed E-state index contributed by atoms with van der Waals surface area (Å²) >= 11 is 0. The van der Waals surface area contributed by atoms with Gasteiger partial charge < -0.3 is 10.6 Å². The smallest absolute Gasteiger partial charge is 0.240 e. The quantitative estimate of drug-likeness (QED) is 0.808. The summed E-state index contributed by atoms with van der Waals surface area (Å²) in [6, 6.07) is 0.287. The molecular formula is C15H29N3O. The maximum atomic E-state index is 12.6. The average molecular weight is 267 g/mol. The van der Waals surface area contributed by atoms with Crippen LogP contribution in [0.3, 0.4) is 0 Å². The summed E-state index contributed by atoms with van der Waals surface area (Å²) < 4.78 is 0. The SMILES string of the molecule is CC(C)(C(=O)NC1C(C)(C)C1(C)C)N1CCNCC1. The Labute approximate surface area is 117 Å². The van der Waals surface area contributed by atoms with Crippen molar-refractivity contribution in [2.24, 2.45) is 10.8 Å². The van der Waals surface area contributed by atoms with E-state index >= 15 is 0 Å². The van der Waals surface area contributed by atoms with Crippen molar-refractivity contribution >= 4 is 5.91 Å². The van der Waals surface area contributed by atoms with Crippen LogP contribution < -0.4 is 10.6 Å². The molecule has 2 rings (SSSR count). The second kappa shape index (κ2) is 4.45. The molecule has 19 heavy (non-hydrogen) atoms. The first kappa shape index (κ1) is 14.8. The molecule has 0 bridgehead atoms. The topological polar surface area (TPSA) is 44.4 Å². The zero-order chi connectivity index (χ0) is 14.5. The molecule has 1 aliphatic carbocycles. The second-order valence-electron chi connectivity index (χ2n) is 7.65. The molecule has 1 amide bonds. The van der Waals surface area contributed by atoms with Crippen molar-refractivity contribution in [3.05, 3.63) is 0 Å². The van der Waals surface area contributed by atoms with Crippen LogP contribution >= 0.6 is 0 Å². The van der Waals surface area contributed by atoms with E-state index in [-0.39, 0.29) is 22.8 Å². The van der Waals surface area contributed by atoms with Crippen molar-refractivity contribution in [1.82, 2.24) is 15.5 Å². The average Bonchev–Trinajstić information content (AvgIpc) is 2.72. The Kier molecular flexibility index (Phi) is 3.47. The maximum Gasteiger partial charge on any atom is 0.240 e. The van der Waals surface area contributed by atoms with Gasteiger partial charge in [-0.1, -0.05) is 27.7 Å². The van der Waals surface area contributed by atoms with Crippen molar-refractivity contribution in [1.29, 1.82) is 0 Å². The molecule has 1 saturated heterocycles. The summed E-state index contributed by atoms with van der Waals surface area (Å²) in [7, 11) is 0. The van der Waals surface area contributed by atoms with Gasteiger partial charge in [0.05, 0.1) is 5.54 Å². The van der Waals surface area contributed by atoms with E-state index in [2.05, 4.69) is 43.2 Å². The summed E-state index contributed by atoms with van der Waals surface area (Å²) in [5.74, 6) is 0.165. The lowest BCUT2D eigenvalue weighted by molar-refractivity contribution is -0.132. The van der Waals surface area contributed by atoms with Crippen LogP contribution in [0.25, 0.3) is 0 Å². The minimum absolute atomic E-state index is 0.165.